The third-order valence-electron chi connectivity index (χ3n) is 4.43. The van der Waals surface area contributed by atoms with E-state index in [4.69, 9.17) is 0 Å². The van der Waals surface area contributed by atoms with Crippen LogP contribution >= 0.6 is 22.6 Å². The number of benzene rings is 1. The van der Waals surface area contributed by atoms with Gasteiger partial charge in [0.1, 0.15) is 0 Å². The molecule has 5 heteroatoms. The first-order valence-electron chi connectivity index (χ1n) is 7.69. The van der Waals surface area contributed by atoms with Crippen LogP contribution in [-0.2, 0) is 11.2 Å². The number of rotatable bonds is 3. The van der Waals surface area contributed by atoms with E-state index in [1.807, 2.05) is 17.0 Å². The molecule has 21 heavy (non-hydrogen) atoms. The van der Waals surface area contributed by atoms with Gasteiger partial charge in [0.15, 0.2) is 0 Å². The molecule has 1 N–H and O–H groups in total. The van der Waals surface area contributed by atoms with Crippen LogP contribution in [0.1, 0.15) is 12.0 Å². The van der Waals surface area contributed by atoms with E-state index in [1.165, 1.54) is 3.57 Å². The molecule has 2 fully saturated rings. The zero-order chi connectivity index (χ0) is 14.7. The lowest BCUT2D eigenvalue weighted by atomic mass is 10.1. The van der Waals surface area contributed by atoms with Crippen molar-refractivity contribution in [1.29, 1.82) is 0 Å². The number of likely N-dealkylation sites (tertiary alicyclic amines) is 1. The SMILES string of the molecule is O=C(Cc1cccc(I)c1)N1CCC(N2CCNCC2)C1. The third-order valence-corrected chi connectivity index (χ3v) is 5.10. The summed E-state index contributed by atoms with van der Waals surface area (Å²) < 4.78 is 1.19. The fourth-order valence-corrected chi connectivity index (χ4v) is 3.85. The summed E-state index contributed by atoms with van der Waals surface area (Å²) in [5.41, 5.74) is 1.12. The van der Waals surface area contributed by atoms with Crippen LogP contribution in [-0.4, -0.2) is 61.0 Å². The van der Waals surface area contributed by atoms with Gasteiger partial charge in [-0.3, -0.25) is 9.69 Å². The van der Waals surface area contributed by atoms with Gasteiger partial charge in [-0.1, -0.05) is 12.1 Å². The van der Waals surface area contributed by atoms with Gasteiger partial charge in [0.25, 0.3) is 0 Å². The lowest BCUT2D eigenvalue weighted by molar-refractivity contribution is -0.129. The molecule has 2 heterocycles. The maximum Gasteiger partial charge on any atom is 0.227 e. The van der Waals surface area contributed by atoms with E-state index >= 15 is 0 Å². The van der Waals surface area contributed by atoms with Gasteiger partial charge in [-0.2, -0.15) is 0 Å². The van der Waals surface area contributed by atoms with Crippen LogP contribution in [0.25, 0.3) is 0 Å². The van der Waals surface area contributed by atoms with Gasteiger partial charge in [-0.15, -0.1) is 0 Å². The fraction of sp³-hybridized carbons (Fsp3) is 0.562. The predicted molar refractivity (Wildman–Crippen MR) is 92.3 cm³/mol. The number of hydrogen-bond acceptors (Lipinski definition) is 3. The Morgan fingerprint density at radius 3 is 2.86 bits per heavy atom. The van der Waals surface area contributed by atoms with Crippen molar-refractivity contribution in [3.63, 3.8) is 0 Å². The van der Waals surface area contributed by atoms with Crippen LogP contribution in [0, 0.1) is 3.57 Å². The Labute approximate surface area is 140 Å². The molecule has 0 spiro atoms. The Hall–Kier alpha value is -0.660. The van der Waals surface area contributed by atoms with Crippen LogP contribution in [0.15, 0.2) is 24.3 Å². The molecule has 1 aromatic carbocycles. The van der Waals surface area contributed by atoms with Crippen molar-refractivity contribution >= 4 is 28.5 Å². The second kappa shape index (κ2) is 7.07. The van der Waals surface area contributed by atoms with Gasteiger partial charge in [0, 0.05) is 48.9 Å². The summed E-state index contributed by atoms with van der Waals surface area (Å²) in [7, 11) is 0. The first-order valence-corrected chi connectivity index (χ1v) is 8.77. The Morgan fingerprint density at radius 1 is 1.29 bits per heavy atom. The van der Waals surface area contributed by atoms with Crippen molar-refractivity contribution in [3.05, 3.63) is 33.4 Å². The highest BCUT2D eigenvalue weighted by molar-refractivity contribution is 14.1. The number of halogens is 1. The average Bonchev–Trinajstić information content (AvgIpc) is 2.98. The second-order valence-electron chi connectivity index (χ2n) is 5.87. The molecule has 4 nitrogen and oxygen atoms in total. The number of carbonyl (C=O) groups excluding carboxylic acids is 1. The lowest BCUT2D eigenvalue weighted by Crippen LogP contribution is -2.49. The van der Waals surface area contributed by atoms with E-state index in [0.717, 1.165) is 51.3 Å². The molecule has 0 aromatic heterocycles. The maximum absolute atomic E-state index is 12.4. The van der Waals surface area contributed by atoms with Gasteiger partial charge < -0.3 is 10.2 Å². The normalized spacial score (nSPS) is 23.5. The molecule has 2 aliphatic rings. The molecule has 1 amide bonds. The molecule has 1 unspecified atom stereocenters. The zero-order valence-electron chi connectivity index (χ0n) is 12.2. The Bertz CT molecular complexity index is 502. The number of nitrogens with zero attached hydrogens (tertiary/aromatic N) is 2. The van der Waals surface area contributed by atoms with Crippen LogP contribution in [0.2, 0.25) is 0 Å². The van der Waals surface area contributed by atoms with Crippen molar-refractivity contribution in [3.8, 4) is 0 Å². The van der Waals surface area contributed by atoms with E-state index in [9.17, 15) is 4.79 Å². The highest BCUT2D eigenvalue weighted by Crippen LogP contribution is 2.18. The van der Waals surface area contributed by atoms with E-state index in [2.05, 4.69) is 44.9 Å². The first kappa shape index (κ1) is 15.2. The molecule has 0 radical (unpaired) electrons. The summed E-state index contributed by atoms with van der Waals surface area (Å²) in [6.07, 6.45) is 1.66. The molecule has 0 bridgehead atoms. The number of hydrogen-bond donors (Lipinski definition) is 1. The molecule has 1 atom stereocenters. The lowest BCUT2D eigenvalue weighted by Gasteiger charge is -2.32. The number of amides is 1. The minimum Gasteiger partial charge on any atom is -0.341 e. The number of piperazine rings is 1. The van der Waals surface area contributed by atoms with Crippen molar-refractivity contribution in [2.45, 2.75) is 18.9 Å². The minimum atomic E-state index is 0.273. The van der Waals surface area contributed by atoms with E-state index in [0.29, 0.717) is 12.5 Å². The van der Waals surface area contributed by atoms with Gasteiger partial charge in [0.05, 0.1) is 6.42 Å². The largest absolute Gasteiger partial charge is 0.341 e. The van der Waals surface area contributed by atoms with Crippen molar-refractivity contribution in [2.24, 2.45) is 0 Å². The highest BCUT2D eigenvalue weighted by Gasteiger charge is 2.30. The van der Waals surface area contributed by atoms with Crippen LogP contribution < -0.4 is 5.32 Å². The van der Waals surface area contributed by atoms with Crippen LogP contribution in [0.4, 0.5) is 0 Å². The molecule has 1 aromatic rings. The summed E-state index contributed by atoms with van der Waals surface area (Å²) in [5.74, 6) is 0.273. The third kappa shape index (κ3) is 3.96. The Balaban J connectivity index is 1.54. The average molecular weight is 399 g/mol. The molecule has 3 rings (SSSR count). The molecule has 0 aliphatic carbocycles. The Morgan fingerprint density at radius 2 is 2.10 bits per heavy atom. The maximum atomic E-state index is 12.4. The molecule has 114 valence electrons. The van der Waals surface area contributed by atoms with E-state index in [-0.39, 0.29) is 5.91 Å². The van der Waals surface area contributed by atoms with Gasteiger partial charge in [-0.05, 0) is 46.7 Å². The van der Waals surface area contributed by atoms with Crippen molar-refractivity contribution in [2.75, 3.05) is 39.3 Å². The summed E-state index contributed by atoms with van der Waals surface area (Å²) in [4.78, 5) is 17.0. The molecule has 2 aliphatic heterocycles. The highest BCUT2D eigenvalue weighted by atomic mass is 127. The van der Waals surface area contributed by atoms with E-state index in [1.54, 1.807) is 0 Å². The fourth-order valence-electron chi connectivity index (χ4n) is 3.25. The first-order chi connectivity index (χ1) is 10.2. The standard InChI is InChI=1S/C16H22IN3O/c17-14-3-1-2-13(10-14)11-16(21)20-7-4-15(12-20)19-8-5-18-6-9-19/h1-3,10,15,18H,4-9,11-12H2. The Kier molecular flexibility index (Phi) is 5.13. The topological polar surface area (TPSA) is 35.6 Å². The summed E-state index contributed by atoms with van der Waals surface area (Å²) >= 11 is 2.30. The smallest absolute Gasteiger partial charge is 0.227 e. The molecular weight excluding hydrogens is 377 g/mol. The molecule has 0 saturated carbocycles. The van der Waals surface area contributed by atoms with Crippen molar-refractivity contribution in [1.82, 2.24) is 15.1 Å². The van der Waals surface area contributed by atoms with E-state index < -0.39 is 0 Å². The van der Waals surface area contributed by atoms with Crippen LogP contribution in [0.3, 0.4) is 0 Å². The number of carbonyl (C=O) groups is 1. The molecule has 2 saturated heterocycles. The number of nitrogens with one attached hydrogen (secondary N) is 1. The second-order valence-corrected chi connectivity index (χ2v) is 7.12. The van der Waals surface area contributed by atoms with Gasteiger partial charge in [0.2, 0.25) is 5.91 Å². The summed E-state index contributed by atoms with van der Waals surface area (Å²) in [6.45, 7) is 6.20. The summed E-state index contributed by atoms with van der Waals surface area (Å²) in [5, 5.41) is 3.39. The monoisotopic (exact) mass is 399 g/mol. The zero-order valence-corrected chi connectivity index (χ0v) is 14.4. The molecular formula is C16H22IN3O. The predicted octanol–water partition coefficient (Wildman–Crippen LogP) is 1.34. The quantitative estimate of drug-likeness (QED) is 0.780. The van der Waals surface area contributed by atoms with Gasteiger partial charge >= 0.3 is 0 Å². The van der Waals surface area contributed by atoms with Crippen molar-refractivity contribution < 1.29 is 4.79 Å². The minimum absolute atomic E-state index is 0.273. The van der Waals surface area contributed by atoms with Gasteiger partial charge in [-0.25, -0.2) is 0 Å². The van der Waals surface area contributed by atoms with Crippen LogP contribution in [0.5, 0.6) is 0 Å². The summed E-state index contributed by atoms with van der Waals surface area (Å²) in [6, 6.07) is 8.79.